The van der Waals surface area contributed by atoms with Gasteiger partial charge in [0.1, 0.15) is 18.2 Å². The number of hydrogen-bond acceptors (Lipinski definition) is 6. The SMILES string of the molecule is CC(N)=O.CN(C)C1CCC(N2CC[C@H](Nc3ncnc4ccc(C(F)(F)F)cc34)C2=O)CC1. The lowest BCUT2D eigenvalue weighted by molar-refractivity contribution is -0.137. The van der Waals surface area contributed by atoms with Crippen LogP contribution in [0.2, 0.25) is 0 Å². The number of amides is 2. The van der Waals surface area contributed by atoms with Crippen LogP contribution in [0.1, 0.15) is 44.6 Å². The molecule has 0 bridgehead atoms. The first-order chi connectivity index (χ1) is 16.0. The standard InChI is InChI=1S/C21H26F3N5O.C2H5NO/c1-28(2)14-4-6-15(7-5-14)29-10-9-18(20(29)30)27-19-16-11-13(21(22,23)24)3-8-17(16)25-12-26-19;1-2(3)4/h3,8,11-12,14-15,18H,4-7,9-10H2,1-2H3,(H,25,26,27);1H3,(H2,3,4)/t14?,15?,18-;/m0./s1. The molecule has 2 fully saturated rings. The van der Waals surface area contributed by atoms with Gasteiger partial charge >= 0.3 is 6.18 Å². The molecule has 3 N–H and O–H groups in total. The van der Waals surface area contributed by atoms with E-state index in [-0.39, 0.29) is 29.1 Å². The van der Waals surface area contributed by atoms with Crippen LogP contribution in [0.25, 0.3) is 10.9 Å². The van der Waals surface area contributed by atoms with Crippen LogP contribution in [0.4, 0.5) is 19.0 Å². The molecule has 0 unspecified atom stereocenters. The third-order valence-electron chi connectivity index (χ3n) is 6.35. The summed E-state index contributed by atoms with van der Waals surface area (Å²) in [6.07, 6.45) is 1.55. The summed E-state index contributed by atoms with van der Waals surface area (Å²) in [6.45, 7) is 1.96. The van der Waals surface area contributed by atoms with Crippen molar-refractivity contribution < 1.29 is 22.8 Å². The van der Waals surface area contributed by atoms with Crippen LogP contribution in [0.15, 0.2) is 24.5 Å². The third-order valence-corrected chi connectivity index (χ3v) is 6.35. The highest BCUT2D eigenvalue weighted by atomic mass is 19.4. The summed E-state index contributed by atoms with van der Waals surface area (Å²) < 4.78 is 39.4. The van der Waals surface area contributed by atoms with Crippen LogP contribution in [0.5, 0.6) is 0 Å². The second-order valence-corrected chi connectivity index (χ2v) is 9.01. The topological polar surface area (TPSA) is 104 Å². The highest BCUT2D eigenvalue weighted by molar-refractivity contribution is 5.93. The Morgan fingerprint density at radius 1 is 1.15 bits per heavy atom. The fourth-order valence-electron chi connectivity index (χ4n) is 4.60. The number of nitrogens with two attached hydrogens (primary N) is 1. The molecule has 8 nitrogen and oxygen atoms in total. The van der Waals surface area contributed by atoms with Crippen molar-refractivity contribution in [1.29, 1.82) is 0 Å². The lowest BCUT2D eigenvalue weighted by Crippen LogP contribution is -2.44. The second kappa shape index (κ2) is 10.5. The number of halogens is 3. The van der Waals surface area contributed by atoms with E-state index in [1.807, 2.05) is 4.90 Å². The molecule has 0 spiro atoms. The first-order valence-electron chi connectivity index (χ1n) is 11.3. The number of rotatable bonds is 4. The van der Waals surface area contributed by atoms with Crippen LogP contribution in [0, 0.1) is 0 Å². The van der Waals surface area contributed by atoms with Crippen molar-refractivity contribution in [2.45, 2.75) is 63.3 Å². The summed E-state index contributed by atoms with van der Waals surface area (Å²) in [7, 11) is 4.17. The highest BCUT2D eigenvalue weighted by Gasteiger charge is 2.38. The maximum atomic E-state index is 13.1. The average molecular weight is 481 g/mol. The van der Waals surface area contributed by atoms with E-state index in [2.05, 4.69) is 40.0 Å². The van der Waals surface area contributed by atoms with Gasteiger partial charge in [-0.1, -0.05) is 0 Å². The lowest BCUT2D eigenvalue weighted by atomic mass is 9.89. The molecule has 2 aromatic rings. The predicted octanol–water partition coefficient (Wildman–Crippen LogP) is 3.03. The number of benzene rings is 1. The molecule has 1 aliphatic carbocycles. The number of primary amides is 1. The van der Waals surface area contributed by atoms with Gasteiger partial charge in [0.05, 0.1) is 11.1 Å². The van der Waals surface area contributed by atoms with E-state index in [0.29, 0.717) is 24.5 Å². The molecular formula is C23H31F3N6O2. The molecule has 1 aromatic heterocycles. The summed E-state index contributed by atoms with van der Waals surface area (Å²) in [5.41, 5.74) is 4.12. The fraction of sp³-hybridized carbons (Fsp3) is 0.565. The maximum absolute atomic E-state index is 13.1. The molecule has 1 saturated carbocycles. The lowest BCUT2D eigenvalue weighted by Gasteiger charge is -2.37. The van der Waals surface area contributed by atoms with Gasteiger partial charge in [0.25, 0.3) is 0 Å². The summed E-state index contributed by atoms with van der Waals surface area (Å²) in [5, 5.41) is 3.36. The van der Waals surface area contributed by atoms with Gasteiger partial charge in [0.15, 0.2) is 0 Å². The van der Waals surface area contributed by atoms with Gasteiger partial charge in [-0.3, -0.25) is 9.59 Å². The van der Waals surface area contributed by atoms with Crippen molar-refractivity contribution in [3.05, 3.63) is 30.1 Å². The molecule has 2 heterocycles. The van der Waals surface area contributed by atoms with Gasteiger partial charge in [-0.05, 0) is 64.4 Å². The van der Waals surface area contributed by atoms with Gasteiger partial charge in [-0.25, -0.2) is 9.97 Å². The first-order valence-corrected chi connectivity index (χ1v) is 11.3. The van der Waals surface area contributed by atoms with Crippen molar-refractivity contribution in [3.63, 3.8) is 0 Å². The second-order valence-electron chi connectivity index (χ2n) is 9.01. The zero-order valence-corrected chi connectivity index (χ0v) is 19.6. The Balaban J connectivity index is 0.000000751. The number of hydrogen-bond donors (Lipinski definition) is 2. The molecule has 1 atom stereocenters. The molecule has 34 heavy (non-hydrogen) atoms. The van der Waals surface area contributed by atoms with E-state index < -0.39 is 17.8 Å². The summed E-state index contributed by atoms with van der Waals surface area (Å²) in [6, 6.07) is 3.69. The predicted molar refractivity (Wildman–Crippen MR) is 123 cm³/mol. The van der Waals surface area contributed by atoms with Crippen molar-refractivity contribution in [1.82, 2.24) is 19.8 Å². The van der Waals surface area contributed by atoms with Gasteiger partial charge in [0.2, 0.25) is 11.8 Å². The van der Waals surface area contributed by atoms with Crippen molar-refractivity contribution in [2.24, 2.45) is 5.73 Å². The Hall–Kier alpha value is -2.95. The minimum Gasteiger partial charge on any atom is -0.370 e. The molecule has 0 radical (unpaired) electrons. The van der Waals surface area contributed by atoms with Gasteiger partial charge in [-0.2, -0.15) is 13.2 Å². The van der Waals surface area contributed by atoms with E-state index in [0.717, 1.165) is 37.8 Å². The maximum Gasteiger partial charge on any atom is 0.416 e. The average Bonchev–Trinajstić information content (AvgIpc) is 3.13. The monoisotopic (exact) mass is 480 g/mol. The van der Waals surface area contributed by atoms with Gasteiger partial charge in [-0.15, -0.1) is 0 Å². The van der Waals surface area contributed by atoms with Crippen molar-refractivity contribution in [2.75, 3.05) is 26.0 Å². The number of nitrogens with zero attached hydrogens (tertiary/aromatic N) is 4. The zero-order valence-electron chi connectivity index (χ0n) is 19.6. The number of carbonyl (C=O) groups excluding carboxylic acids is 2. The van der Waals surface area contributed by atoms with Crippen LogP contribution in [-0.2, 0) is 15.8 Å². The smallest absolute Gasteiger partial charge is 0.370 e. The first kappa shape index (κ1) is 25.7. The Bertz CT molecular complexity index is 1020. The van der Waals surface area contributed by atoms with Crippen molar-refractivity contribution >= 4 is 28.5 Å². The number of anilines is 1. The molecule has 1 saturated heterocycles. The van der Waals surface area contributed by atoms with Crippen LogP contribution >= 0.6 is 0 Å². The minimum atomic E-state index is -4.45. The molecule has 4 rings (SSSR count). The van der Waals surface area contributed by atoms with Crippen LogP contribution in [-0.4, -0.2) is 70.3 Å². The Labute approximate surface area is 196 Å². The van der Waals surface area contributed by atoms with E-state index >= 15 is 0 Å². The zero-order chi connectivity index (χ0) is 25.0. The molecule has 2 aliphatic rings. The number of aromatic nitrogens is 2. The summed E-state index contributed by atoms with van der Waals surface area (Å²) >= 11 is 0. The van der Waals surface area contributed by atoms with Crippen molar-refractivity contribution in [3.8, 4) is 0 Å². The Kier molecular flexibility index (Phi) is 7.96. The summed E-state index contributed by atoms with van der Waals surface area (Å²) in [4.78, 5) is 34.6. The largest absolute Gasteiger partial charge is 0.416 e. The molecule has 11 heteroatoms. The normalized spacial score (nSPS) is 23.1. The number of likely N-dealkylation sites (tertiary alicyclic amines) is 1. The molecule has 186 valence electrons. The third kappa shape index (κ3) is 6.13. The molecule has 2 amide bonds. The van der Waals surface area contributed by atoms with E-state index in [4.69, 9.17) is 0 Å². The molecular weight excluding hydrogens is 449 g/mol. The van der Waals surface area contributed by atoms with Crippen LogP contribution < -0.4 is 11.1 Å². The van der Waals surface area contributed by atoms with Gasteiger partial charge in [0, 0.05) is 30.9 Å². The van der Waals surface area contributed by atoms with Crippen LogP contribution in [0.3, 0.4) is 0 Å². The number of alkyl halides is 3. The van der Waals surface area contributed by atoms with Gasteiger partial charge < -0.3 is 20.9 Å². The Morgan fingerprint density at radius 3 is 2.38 bits per heavy atom. The number of carbonyl (C=O) groups is 2. The summed E-state index contributed by atoms with van der Waals surface area (Å²) in [5.74, 6) is -0.0651. The fourth-order valence-corrected chi connectivity index (χ4v) is 4.60. The van der Waals surface area contributed by atoms with E-state index in [1.165, 1.54) is 19.3 Å². The molecule has 1 aromatic carbocycles. The minimum absolute atomic E-state index is 0.00189. The highest BCUT2D eigenvalue weighted by Crippen LogP contribution is 2.34. The molecule has 1 aliphatic heterocycles. The number of nitrogens with one attached hydrogen (secondary N) is 1. The van der Waals surface area contributed by atoms with E-state index in [1.54, 1.807) is 0 Å². The Morgan fingerprint density at radius 2 is 1.79 bits per heavy atom. The number of fused-ring (bicyclic) bond motifs is 1. The quantitative estimate of drug-likeness (QED) is 0.697. The van der Waals surface area contributed by atoms with E-state index in [9.17, 15) is 22.8 Å².